The second-order valence-corrected chi connectivity index (χ2v) is 5.91. The molecule has 3 rings (SSSR count). The van der Waals surface area contributed by atoms with Crippen LogP contribution in [0.2, 0.25) is 0 Å². The molecule has 1 spiro atoms. The quantitative estimate of drug-likeness (QED) is 0.862. The zero-order valence-corrected chi connectivity index (χ0v) is 11.6. The maximum Gasteiger partial charge on any atom is 0.226 e. The van der Waals surface area contributed by atoms with E-state index in [0.717, 1.165) is 51.9 Å². The van der Waals surface area contributed by atoms with Crippen molar-refractivity contribution < 1.29 is 4.79 Å². The standard InChI is InChI=1S/C14H22N4O/c1-17-11-15-9-12(17)10-18-7-2-3-14(5-8-18)4-6-16-13(14)19/h9,11H,2-8,10H2,1H3,(H,16,19)/t14-/m1/s1. The van der Waals surface area contributed by atoms with Crippen LogP contribution in [0.1, 0.15) is 31.4 Å². The average molecular weight is 262 g/mol. The topological polar surface area (TPSA) is 50.2 Å². The molecule has 1 aromatic rings. The molecule has 1 N–H and O–H groups in total. The molecule has 0 radical (unpaired) electrons. The van der Waals surface area contributed by atoms with E-state index < -0.39 is 0 Å². The number of aromatic nitrogens is 2. The molecular formula is C14H22N4O. The number of likely N-dealkylation sites (tertiary alicyclic amines) is 1. The van der Waals surface area contributed by atoms with E-state index in [1.54, 1.807) is 0 Å². The first-order valence-corrected chi connectivity index (χ1v) is 7.15. The number of amides is 1. The molecule has 2 saturated heterocycles. The van der Waals surface area contributed by atoms with Crippen molar-refractivity contribution in [3.63, 3.8) is 0 Å². The predicted octanol–water partition coefficient (Wildman–Crippen LogP) is 0.912. The van der Waals surface area contributed by atoms with Crippen LogP contribution < -0.4 is 5.32 Å². The highest BCUT2D eigenvalue weighted by Gasteiger charge is 2.42. The van der Waals surface area contributed by atoms with Crippen LogP contribution in [-0.2, 0) is 18.4 Å². The number of rotatable bonds is 2. The van der Waals surface area contributed by atoms with Gasteiger partial charge in [-0.1, -0.05) is 0 Å². The van der Waals surface area contributed by atoms with Gasteiger partial charge in [-0.3, -0.25) is 9.69 Å². The third kappa shape index (κ3) is 2.39. The summed E-state index contributed by atoms with van der Waals surface area (Å²) in [6.07, 6.45) is 7.95. The van der Waals surface area contributed by atoms with Gasteiger partial charge in [-0.2, -0.15) is 0 Å². The maximum absolute atomic E-state index is 12.0. The summed E-state index contributed by atoms with van der Waals surface area (Å²) < 4.78 is 2.07. The molecule has 19 heavy (non-hydrogen) atoms. The Labute approximate surface area is 114 Å². The lowest BCUT2D eigenvalue weighted by Gasteiger charge is -2.24. The molecule has 2 aliphatic heterocycles. The summed E-state index contributed by atoms with van der Waals surface area (Å²) in [5, 5.41) is 3.01. The van der Waals surface area contributed by atoms with Crippen molar-refractivity contribution in [3.05, 3.63) is 18.2 Å². The predicted molar refractivity (Wildman–Crippen MR) is 72.4 cm³/mol. The van der Waals surface area contributed by atoms with Gasteiger partial charge in [-0.15, -0.1) is 0 Å². The summed E-state index contributed by atoms with van der Waals surface area (Å²) in [5.41, 5.74) is 1.17. The van der Waals surface area contributed by atoms with Crippen LogP contribution in [0.5, 0.6) is 0 Å². The Balaban J connectivity index is 1.65. The molecular weight excluding hydrogens is 240 g/mol. The Bertz CT molecular complexity index is 470. The number of imidazole rings is 1. The zero-order valence-electron chi connectivity index (χ0n) is 11.6. The highest BCUT2D eigenvalue weighted by atomic mass is 16.2. The fourth-order valence-electron chi connectivity index (χ4n) is 3.37. The Hall–Kier alpha value is -1.36. The zero-order chi connectivity index (χ0) is 13.3. The van der Waals surface area contributed by atoms with Crippen LogP contribution in [0.15, 0.2) is 12.5 Å². The Morgan fingerprint density at radius 3 is 2.95 bits per heavy atom. The molecule has 104 valence electrons. The highest BCUT2D eigenvalue weighted by molar-refractivity contribution is 5.84. The highest BCUT2D eigenvalue weighted by Crippen LogP contribution is 2.38. The normalized spacial score (nSPS) is 28.6. The van der Waals surface area contributed by atoms with E-state index in [9.17, 15) is 4.79 Å². The van der Waals surface area contributed by atoms with Gasteiger partial charge in [0.1, 0.15) is 0 Å². The molecule has 1 atom stereocenters. The van der Waals surface area contributed by atoms with Crippen molar-refractivity contribution in [2.24, 2.45) is 12.5 Å². The van der Waals surface area contributed by atoms with Crippen molar-refractivity contribution in [3.8, 4) is 0 Å². The monoisotopic (exact) mass is 262 g/mol. The van der Waals surface area contributed by atoms with Gasteiger partial charge in [-0.05, 0) is 38.8 Å². The van der Waals surface area contributed by atoms with E-state index in [1.807, 2.05) is 19.6 Å². The molecule has 5 nitrogen and oxygen atoms in total. The summed E-state index contributed by atoms with van der Waals surface area (Å²) in [5.74, 6) is 0.287. The minimum atomic E-state index is -0.0682. The number of aryl methyl sites for hydroxylation is 1. The lowest BCUT2D eigenvalue weighted by Crippen LogP contribution is -2.32. The van der Waals surface area contributed by atoms with E-state index in [2.05, 4.69) is 19.8 Å². The van der Waals surface area contributed by atoms with Gasteiger partial charge in [-0.25, -0.2) is 4.98 Å². The Kier molecular flexibility index (Phi) is 3.31. The molecule has 1 amide bonds. The van der Waals surface area contributed by atoms with Crippen molar-refractivity contribution >= 4 is 5.91 Å². The van der Waals surface area contributed by atoms with Crippen molar-refractivity contribution in [2.75, 3.05) is 19.6 Å². The first kappa shape index (κ1) is 12.7. The van der Waals surface area contributed by atoms with Crippen LogP contribution in [0.25, 0.3) is 0 Å². The summed E-state index contributed by atoms with van der Waals surface area (Å²) >= 11 is 0. The second-order valence-electron chi connectivity index (χ2n) is 5.91. The maximum atomic E-state index is 12.0. The van der Waals surface area contributed by atoms with Gasteiger partial charge < -0.3 is 9.88 Å². The van der Waals surface area contributed by atoms with E-state index in [4.69, 9.17) is 0 Å². The largest absolute Gasteiger partial charge is 0.356 e. The van der Waals surface area contributed by atoms with Crippen LogP contribution >= 0.6 is 0 Å². The molecule has 2 aliphatic rings. The Morgan fingerprint density at radius 1 is 1.37 bits per heavy atom. The van der Waals surface area contributed by atoms with Gasteiger partial charge in [0.15, 0.2) is 0 Å². The van der Waals surface area contributed by atoms with E-state index in [-0.39, 0.29) is 11.3 Å². The molecule has 0 unspecified atom stereocenters. The Morgan fingerprint density at radius 2 is 2.26 bits per heavy atom. The first-order chi connectivity index (χ1) is 9.20. The summed E-state index contributed by atoms with van der Waals surface area (Å²) in [6.45, 7) is 3.90. The molecule has 0 aromatic carbocycles. The summed E-state index contributed by atoms with van der Waals surface area (Å²) in [4.78, 5) is 18.7. The molecule has 2 fully saturated rings. The molecule has 0 saturated carbocycles. The minimum Gasteiger partial charge on any atom is -0.356 e. The molecule has 5 heteroatoms. The van der Waals surface area contributed by atoms with Crippen LogP contribution in [0.3, 0.4) is 0 Å². The number of hydrogen-bond acceptors (Lipinski definition) is 3. The van der Waals surface area contributed by atoms with E-state index in [0.29, 0.717) is 0 Å². The lowest BCUT2D eigenvalue weighted by molar-refractivity contribution is -0.128. The minimum absolute atomic E-state index is 0.0682. The number of carbonyl (C=O) groups is 1. The average Bonchev–Trinajstić information content (AvgIpc) is 2.86. The summed E-state index contributed by atoms with van der Waals surface area (Å²) in [6, 6.07) is 0. The smallest absolute Gasteiger partial charge is 0.226 e. The summed E-state index contributed by atoms with van der Waals surface area (Å²) in [7, 11) is 2.03. The lowest BCUT2D eigenvalue weighted by atomic mass is 9.79. The van der Waals surface area contributed by atoms with Crippen LogP contribution in [0, 0.1) is 5.41 Å². The van der Waals surface area contributed by atoms with Gasteiger partial charge in [0.2, 0.25) is 5.91 Å². The van der Waals surface area contributed by atoms with Crippen molar-refractivity contribution in [2.45, 2.75) is 32.2 Å². The first-order valence-electron chi connectivity index (χ1n) is 7.15. The van der Waals surface area contributed by atoms with Gasteiger partial charge in [0.05, 0.1) is 17.4 Å². The van der Waals surface area contributed by atoms with Gasteiger partial charge in [0.25, 0.3) is 0 Å². The fourth-order valence-corrected chi connectivity index (χ4v) is 3.37. The SMILES string of the molecule is Cn1cncc1CN1CCC[C@@]2(CCNC2=O)CC1. The molecule has 0 aliphatic carbocycles. The van der Waals surface area contributed by atoms with Crippen LogP contribution in [0.4, 0.5) is 0 Å². The van der Waals surface area contributed by atoms with Gasteiger partial charge in [0, 0.05) is 26.3 Å². The molecule has 1 aromatic heterocycles. The van der Waals surface area contributed by atoms with Crippen molar-refractivity contribution in [1.82, 2.24) is 19.8 Å². The van der Waals surface area contributed by atoms with Crippen molar-refractivity contribution in [1.29, 1.82) is 0 Å². The number of hydrogen-bond donors (Lipinski definition) is 1. The number of nitrogens with one attached hydrogen (secondary N) is 1. The molecule has 3 heterocycles. The third-order valence-electron chi connectivity index (χ3n) is 4.71. The number of nitrogens with zero attached hydrogens (tertiary/aromatic N) is 3. The number of carbonyl (C=O) groups excluding carboxylic acids is 1. The third-order valence-corrected chi connectivity index (χ3v) is 4.71. The van der Waals surface area contributed by atoms with E-state index in [1.165, 1.54) is 5.69 Å². The molecule has 0 bridgehead atoms. The van der Waals surface area contributed by atoms with Gasteiger partial charge >= 0.3 is 0 Å². The second kappa shape index (κ2) is 4.96. The van der Waals surface area contributed by atoms with E-state index >= 15 is 0 Å². The van der Waals surface area contributed by atoms with Crippen LogP contribution in [-0.4, -0.2) is 40.0 Å². The fraction of sp³-hybridized carbons (Fsp3) is 0.714.